The van der Waals surface area contributed by atoms with Crippen LogP contribution in [-0.4, -0.2) is 69.0 Å². The zero-order valence-electron chi connectivity index (χ0n) is 19.0. The Kier molecular flexibility index (Phi) is 11.0. The molecule has 0 spiro atoms. The van der Waals surface area contributed by atoms with Gasteiger partial charge in [-0.25, -0.2) is 19.1 Å². The lowest BCUT2D eigenvalue weighted by atomic mass is 10.0. The summed E-state index contributed by atoms with van der Waals surface area (Å²) in [5.41, 5.74) is 6.20. The Morgan fingerprint density at radius 1 is 1.29 bits per heavy atom. The van der Waals surface area contributed by atoms with Gasteiger partial charge in [-0.05, 0) is 31.9 Å². The molecular formula is C20H27N5O9. The highest BCUT2D eigenvalue weighted by Gasteiger charge is 2.43. The number of esters is 1. The van der Waals surface area contributed by atoms with Gasteiger partial charge in [-0.1, -0.05) is 6.92 Å². The molecule has 0 bridgehead atoms. The summed E-state index contributed by atoms with van der Waals surface area (Å²) >= 11 is 0. The van der Waals surface area contributed by atoms with Crippen molar-refractivity contribution in [2.45, 2.75) is 44.8 Å². The smallest absolute Gasteiger partial charge is 0.461 e. The lowest BCUT2D eigenvalue weighted by molar-refractivity contribution is -0.150. The van der Waals surface area contributed by atoms with E-state index in [1.807, 2.05) is 12.1 Å². The number of nitrogens with zero attached hydrogens (tertiary/aromatic N) is 4. The Morgan fingerprint density at radius 2 is 1.97 bits per heavy atom. The minimum absolute atomic E-state index is 0.0624. The molecule has 2 unspecified atom stereocenters. The van der Waals surface area contributed by atoms with Crippen molar-refractivity contribution in [3.05, 3.63) is 24.2 Å². The van der Waals surface area contributed by atoms with Crippen molar-refractivity contribution in [1.82, 2.24) is 14.6 Å². The Balaban J connectivity index is 0.000000440. The zero-order chi connectivity index (χ0) is 25.7. The van der Waals surface area contributed by atoms with Gasteiger partial charge >= 0.3 is 18.3 Å². The van der Waals surface area contributed by atoms with E-state index in [4.69, 9.17) is 30.2 Å². The van der Waals surface area contributed by atoms with Crippen LogP contribution in [-0.2, 0) is 23.7 Å². The summed E-state index contributed by atoms with van der Waals surface area (Å²) in [4.78, 5) is 33.8. The van der Waals surface area contributed by atoms with Crippen LogP contribution in [0.3, 0.4) is 0 Å². The number of carbonyl (C=O) groups excluding carboxylic acids is 1. The van der Waals surface area contributed by atoms with Gasteiger partial charge in [0, 0.05) is 6.42 Å². The number of carbonyl (C=O) groups is 3. The number of carboxylic acid groups (broad SMARTS) is 2. The molecule has 34 heavy (non-hydrogen) atoms. The molecule has 1 aliphatic heterocycles. The van der Waals surface area contributed by atoms with Gasteiger partial charge in [0.1, 0.15) is 30.6 Å². The summed E-state index contributed by atoms with van der Waals surface area (Å²) in [5, 5.41) is 28.8. The highest BCUT2D eigenvalue weighted by Crippen LogP contribution is 2.40. The minimum atomic E-state index is -1.25. The quantitative estimate of drug-likeness (QED) is 0.414. The zero-order valence-corrected chi connectivity index (χ0v) is 19.0. The van der Waals surface area contributed by atoms with Crippen LogP contribution in [0, 0.1) is 11.3 Å². The van der Waals surface area contributed by atoms with Crippen LogP contribution in [0.25, 0.3) is 5.52 Å². The first-order valence-corrected chi connectivity index (χ1v) is 10.1. The van der Waals surface area contributed by atoms with Gasteiger partial charge in [-0.3, -0.25) is 4.79 Å². The normalized spacial score (nSPS) is 18.4. The number of hydrogen-bond donors (Lipinski definition) is 3. The number of fused-ring (bicyclic) bond motifs is 1. The monoisotopic (exact) mass is 481 g/mol. The van der Waals surface area contributed by atoms with E-state index in [1.165, 1.54) is 6.33 Å². The molecule has 2 atom stereocenters. The molecule has 0 amide bonds. The minimum Gasteiger partial charge on any atom is -0.461 e. The Labute approximate surface area is 194 Å². The van der Waals surface area contributed by atoms with E-state index in [0.29, 0.717) is 24.2 Å². The Morgan fingerprint density at radius 3 is 2.47 bits per heavy atom. The Hall–Kier alpha value is -4.12. The largest absolute Gasteiger partial charge is 0.505 e. The summed E-state index contributed by atoms with van der Waals surface area (Å²) in [7, 11) is 1.10. The summed E-state index contributed by atoms with van der Waals surface area (Å²) in [5.74, 6) is 0.0352. The number of nitrogens with two attached hydrogens (primary N) is 1. The average molecular weight is 481 g/mol. The maximum absolute atomic E-state index is 11.3. The predicted molar refractivity (Wildman–Crippen MR) is 115 cm³/mol. The fourth-order valence-corrected chi connectivity index (χ4v) is 2.82. The first-order valence-electron chi connectivity index (χ1n) is 10.1. The maximum Gasteiger partial charge on any atom is 0.505 e. The van der Waals surface area contributed by atoms with Crippen LogP contribution < -0.4 is 5.73 Å². The third-order valence-electron chi connectivity index (χ3n) is 4.42. The number of nitrogen functional groups attached to an aromatic ring is 1. The number of hydrogen-bond acceptors (Lipinski definition) is 11. The molecule has 1 aliphatic rings. The van der Waals surface area contributed by atoms with Crippen LogP contribution in [0.4, 0.5) is 15.4 Å². The number of ether oxygens (including phenoxy) is 4. The molecule has 0 aliphatic carbocycles. The molecule has 1 fully saturated rings. The molecule has 4 N–H and O–H groups in total. The van der Waals surface area contributed by atoms with Gasteiger partial charge in [-0.15, -0.1) is 0 Å². The van der Waals surface area contributed by atoms with E-state index >= 15 is 0 Å². The highest BCUT2D eigenvalue weighted by atomic mass is 16.7. The van der Waals surface area contributed by atoms with Crippen molar-refractivity contribution >= 4 is 29.6 Å². The van der Waals surface area contributed by atoms with Gasteiger partial charge in [0.05, 0.1) is 19.4 Å². The predicted octanol–water partition coefficient (Wildman–Crippen LogP) is 2.39. The van der Waals surface area contributed by atoms with Gasteiger partial charge in [-0.2, -0.15) is 10.4 Å². The summed E-state index contributed by atoms with van der Waals surface area (Å²) in [6, 6.07) is 5.82. The molecule has 3 heterocycles. The van der Waals surface area contributed by atoms with E-state index in [9.17, 15) is 14.9 Å². The van der Waals surface area contributed by atoms with Crippen molar-refractivity contribution < 1.29 is 43.5 Å². The molecule has 1 saturated heterocycles. The second-order valence-corrected chi connectivity index (χ2v) is 6.63. The third-order valence-corrected chi connectivity index (χ3v) is 4.42. The molecule has 0 aromatic carbocycles. The summed E-state index contributed by atoms with van der Waals surface area (Å²) in [6.45, 7) is 3.49. The van der Waals surface area contributed by atoms with E-state index in [0.717, 1.165) is 12.8 Å². The molecule has 3 rings (SSSR count). The number of anilines is 1. The van der Waals surface area contributed by atoms with E-state index < -0.39 is 17.9 Å². The van der Waals surface area contributed by atoms with Gasteiger partial charge in [0.2, 0.25) is 0 Å². The fourth-order valence-electron chi connectivity index (χ4n) is 2.82. The number of aromatic nitrogens is 3. The molecule has 14 nitrogen and oxygen atoms in total. The second-order valence-electron chi connectivity index (χ2n) is 6.63. The van der Waals surface area contributed by atoms with Crippen LogP contribution in [0.1, 0.15) is 44.9 Å². The fraction of sp³-hybridized carbons (Fsp3) is 0.500. The second kappa shape index (κ2) is 13.4. The van der Waals surface area contributed by atoms with Crippen molar-refractivity contribution in [3.63, 3.8) is 0 Å². The first kappa shape index (κ1) is 27.9. The van der Waals surface area contributed by atoms with Crippen LogP contribution in [0.2, 0.25) is 0 Å². The maximum atomic E-state index is 11.3. The van der Waals surface area contributed by atoms with E-state index in [1.54, 1.807) is 18.4 Å². The van der Waals surface area contributed by atoms with Gasteiger partial charge < -0.3 is 34.9 Å². The lowest BCUT2D eigenvalue weighted by Gasteiger charge is -2.21. The average Bonchev–Trinajstić information content (AvgIpc) is 3.44. The van der Waals surface area contributed by atoms with Gasteiger partial charge in [0.15, 0.2) is 11.4 Å². The molecule has 0 radical (unpaired) electrons. The van der Waals surface area contributed by atoms with E-state index in [2.05, 4.69) is 25.6 Å². The van der Waals surface area contributed by atoms with Crippen LogP contribution in [0.5, 0.6) is 0 Å². The molecule has 14 heteroatoms. The van der Waals surface area contributed by atoms with Crippen molar-refractivity contribution in [2.75, 3.05) is 26.1 Å². The van der Waals surface area contributed by atoms with Crippen LogP contribution in [0.15, 0.2) is 18.5 Å². The topological polar surface area (TPSA) is 209 Å². The third kappa shape index (κ3) is 8.10. The molecule has 186 valence electrons. The standard InChI is InChI=1S/C15H17N5O3.C3H6O3.C2H4O3/c1-2-13(21)22-8-15(7-16)6-5-12(23-15)10-3-4-11-14(17)18-9-19-20(10)11;1-2-6-3(4)5;1-5-2(3)4/h3-4,9,12H,2,5-6,8H2,1H3,(H2,17,18,19);2H2,1H3,(H,4,5);1H3,(H,3,4). The molecule has 2 aromatic rings. The first-order chi connectivity index (χ1) is 16.1. The Bertz CT molecular complexity index is 1020. The van der Waals surface area contributed by atoms with Crippen LogP contribution >= 0.6 is 0 Å². The summed E-state index contributed by atoms with van der Waals surface area (Å²) < 4.78 is 20.3. The SMILES string of the molecule is CCC(=O)OCC1(C#N)CCC(c2ccc3c(N)ncnn23)O1.CCOC(=O)O.COC(=O)O. The van der Waals surface area contributed by atoms with E-state index in [-0.39, 0.29) is 31.7 Å². The number of rotatable bonds is 5. The number of methoxy groups -OCH3 is 1. The molecule has 2 aromatic heterocycles. The molecular weight excluding hydrogens is 454 g/mol. The lowest BCUT2D eigenvalue weighted by Crippen LogP contribution is -2.33. The summed E-state index contributed by atoms with van der Waals surface area (Å²) in [6.07, 6.45) is -0.00724. The van der Waals surface area contributed by atoms with Gasteiger partial charge in [0.25, 0.3) is 0 Å². The van der Waals surface area contributed by atoms with Crippen molar-refractivity contribution in [1.29, 1.82) is 5.26 Å². The van der Waals surface area contributed by atoms with Crippen molar-refractivity contribution in [3.8, 4) is 6.07 Å². The number of nitriles is 1. The van der Waals surface area contributed by atoms with Crippen molar-refractivity contribution in [2.24, 2.45) is 0 Å². The highest BCUT2D eigenvalue weighted by molar-refractivity contribution is 5.69. The molecule has 0 saturated carbocycles.